The van der Waals surface area contributed by atoms with Crippen molar-refractivity contribution in [2.24, 2.45) is 0 Å². The third-order valence-corrected chi connectivity index (χ3v) is 5.70. The Kier molecular flexibility index (Phi) is 6.75. The first-order chi connectivity index (χ1) is 13.5. The predicted octanol–water partition coefficient (Wildman–Crippen LogP) is 4.90. The molecule has 1 atom stereocenters. The van der Waals surface area contributed by atoms with Gasteiger partial charge in [0.25, 0.3) is 0 Å². The van der Waals surface area contributed by atoms with Gasteiger partial charge in [0.05, 0.1) is 11.8 Å². The van der Waals surface area contributed by atoms with E-state index in [4.69, 9.17) is 11.6 Å². The lowest BCUT2D eigenvalue weighted by atomic mass is 10.1. The van der Waals surface area contributed by atoms with Crippen LogP contribution in [0.1, 0.15) is 31.0 Å². The fraction of sp³-hybridized carbons (Fsp3) is 0.286. The summed E-state index contributed by atoms with van der Waals surface area (Å²) >= 11 is 7.59. The molecule has 3 rings (SSSR count). The Morgan fingerprint density at radius 2 is 2.00 bits per heavy atom. The number of aryl methyl sites for hydroxylation is 1. The summed E-state index contributed by atoms with van der Waals surface area (Å²) < 4.78 is 2.03. The van der Waals surface area contributed by atoms with E-state index in [0.29, 0.717) is 5.02 Å². The molecule has 1 heterocycles. The fourth-order valence-corrected chi connectivity index (χ4v) is 4.11. The van der Waals surface area contributed by atoms with E-state index in [1.54, 1.807) is 0 Å². The van der Waals surface area contributed by atoms with Crippen LogP contribution in [0.5, 0.6) is 0 Å². The highest BCUT2D eigenvalue weighted by molar-refractivity contribution is 7.99. The van der Waals surface area contributed by atoms with Gasteiger partial charge in [-0.2, -0.15) is 0 Å². The lowest BCUT2D eigenvalue weighted by Crippen LogP contribution is -2.28. The zero-order valence-corrected chi connectivity index (χ0v) is 17.7. The Balaban J connectivity index is 1.66. The summed E-state index contributed by atoms with van der Waals surface area (Å²) in [7, 11) is 0. The first-order valence-corrected chi connectivity index (χ1v) is 10.5. The van der Waals surface area contributed by atoms with Crippen LogP contribution in [0.15, 0.2) is 53.7 Å². The molecular weight excluding hydrogens is 392 g/mol. The Morgan fingerprint density at radius 3 is 2.71 bits per heavy atom. The van der Waals surface area contributed by atoms with Crippen molar-refractivity contribution in [1.82, 2.24) is 20.1 Å². The highest BCUT2D eigenvalue weighted by Gasteiger charge is 2.16. The number of nitrogens with zero attached hydrogens (tertiary/aromatic N) is 3. The van der Waals surface area contributed by atoms with Gasteiger partial charge in [-0.15, -0.1) is 10.2 Å². The molecule has 146 valence electrons. The number of amides is 1. The third-order valence-electron chi connectivity index (χ3n) is 4.39. The maximum atomic E-state index is 12.4. The molecule has 5 nitrogen and oxygen atoms in total. The molecule has 0 aliphatic carbocycles. The minimum absolute atomic E-state index is 0.0693. The number of carbonyl (C=O) groups excluding carboxylic acids is 1. The summed E-state index contributed by atoms with van der Waals surface area (Å²) in [4.78, 5) is 12.4. The monoisotopic (exact) mass is 414 g/mol. The van der Waals surface area contributed by atoms with Crippen LogP contribution in [0.25, 0.3) is 11.4 Å². The van der Waals surface area contributed by atoms with Crippen LogP contribution in [-0.2, 0) is 11.3 Å². The van der Waals surface area contributed by atoms with E-state index in [1.165, 1.54) is 17.3 Å². The Labute approximate surface area is 174 Å². The molecule has 2 aromatic carbocycles. The average Bonchev–Trinajstić information content (AvgIpc) is 3.09. The van der Waals surface area contributed by atoms with E-state index in [1.807, 2.05) is 54.8 Å². The van der Waals surface area contributed by atoms with E-state index in [0.717, 1.165) is 28.7 Å². The number of carbonyl (C=O) groups is 1. The summed E-state index contributed by atoms with van der Waals surface area (Å²) in [5.74, 6) is 1.01. The summed E-state index contributed by atoms with van der Waals surface area (Å²) in [5, 5.41) is 13.0. The van der Waals surface area contributed by atoms with Gasteiger partial charge in [0.2, 0.25) is 5.91 Å². The smallest absolute Gasteiger partial charge is 0.230 e. The number of thioether (sulfide) groups is 1. The minimum Gasteiger partial charge on any atom is -0.349 e. The van der Waals surface area contributed by atoms with E-state index < -0.39 is 0 Å². The van der Waals surface area contributed by atoms with Gasteiger partial charge in [0.1, 0.15) is 0 Å². The summed E-state index contributed by atoms with van der Waals surface area (Å²) in [6.45, 7) is 6.76. The van der Waals surface area contributed by atoms with Crippen molar-refractivity contribution in [2.45, 2.75) is 38.5 Å². The quantitative estimate of drug-likeness (QED) is 0.559. The van der Waals surface area contributed by atoms with Crippen molar-refractivity contribution in [2.75, 3.05) is 5.75 Å². The largest absolute Gasteiger partial charge is 0.349 e. The predicted molar refractivity (Wildman–Crippen MR) is 115 cm³/mol. The van der Waals surface area contributed by atoms with Gasteiger partial charge in [-0.1, -0.05) is 65.3 Å². The molecule has 1 unspecified atom stereocenters. The van der Waals surface area contributed by atoms with Crippen molar-refractivity contribution in [3.8, 4) is 11.4 Å². The zero-order chi connectivity index (χ0) is 20.1. The molecule has 7 heteroatoms. The van der Waals surface area contributed by atoms with Crippen LogP contribution in [-0.4, -0.2) is 26.4 Å². The van der Waals surface area contributed by atoms with Crippen LogP contribution in [0.4, 0.5) is 0 Å². The van der Waals surface area contributed by atoms with Gasteiger partial charge in [-0.25, -0.2) is 0 Å². The average molecular weight is 415 g/mol. The van der Waals surface area contributed by atoms with E-state index in [2.05, 4.69) is 34.6 Å². The van der Waals surface area contributed by atoms with Crippen LogP contribution >= 0.6 is 23.4 Å². The molecule has 0 aliphatic rings. The lowest BCUT2D eigenvalue weighted by molar-refractivity contribution is -0.119. The van der Waals surface area contributed by atoms with E-state index in [9.17, 15) is 4.79 Å². The second kappa shape index (κ2) is 9.26. The minimum atomic E-state index is -0.159. The number of benzene rings is 2. The SMILES string of the molecule is CCn1c(SCC(=O)NC(C)c2ccccc2Cl)nnc1-c1cccc(C)c1. The summed E-state index contributed by atoms with van der Waals surface area (Å²) in [6.07, 6.45) is 0. The fourth-order valence-electron chi connectivity index (χ4n) is 3.00. The highest BCUT2D eigenvalue weighted by Crippen LogP contribution is 2.25. The van der Waals surface area contributed by atoms with Gasteiger partial charge in [-0.05, 0) is 38.5 Å². The van der Waals surface area contributed by atoms with Crippen molar-refractivity contribution in [3.63, 3.8) is 0 Å². The molecule has 1 amide bonds. The van der Waals surface area contributed by atoms with Crippen molar-refractivity contribution >= 4 is 29.3 Å². The van der Waals surface area contributed by atoms with Gasteiger partial charge in [0.15, 0.2) is 11.0 Å². The van der Waals surface area contributed by atoms with Gasteiger partial charge in [-0.3, -0.25) is 4.79 Å². The summed E-state index contributed by atoms with van der Waals surface area (Å²) in [5.41, 5.74) is 3.10. The highest BCUT2D eigenvalue weighted by atomic mass is 35.5. The van der Waals surface area contributed by atoms with Crippen LogP contribution in [0, 0.1) is 6.92 Å². The Morgan fingerprint density at radius 1 is 1.21 bits per heavy atom. The third kappa shape index (κ3) is 4.75. The molecule has 0 saturated carbocycles. The van der Waals surface area contributed by atoms with Gasteiger partial charge in [0, 0.05) is 17.1 Å². The second-order valence-electron chi connectivity index (χ2n) is 6.52. The van der Waals surface area contributed by atoms with Crippen LogP contribution in [0.2, 0.25) is 5.02 Å². The Bertz CT molecular complexity index is 973. The number of hydrogen-bond donors (Lipinski definition) is 1. The Hall–Kier alpha value is -2.31. The number of nitrogens with one attached hydrogen (secondary N) is 1. The molecule has 1 N–H and O–H groups in total. The molecule has 1 aromatic heterocycles. The number of aromatic nitrogens is 3. The molecule has 0 bridgehead atoms. The normalized spacial score (nSPS) is 12.0. The van der Waals surface area contributed by atoms with E-state index in [-0.39, 0.29) is 17.7 Å². The van der Waals surface area contributed by atoms with Gasteiger partial charge >= 0.3 is 0 Å². The molecule has 0 spiro atoms. The van der Waals surface area contributed by atoms with Crippen molar-refractivity contribution < 1.29 is 4.79 Å². The van der Waals surface area contributed by atoms with E-state index >= 15 is 0 Å². The maximum Gasteiger partial charge on any atom is 0.230 e. The topological polar surface area (TPSA) is 59.8 Å². The molecular formula is C21H23ClN4OS. The standard InChI is InChI=1S/C21H23ClN4OS/c1-4-26-20(16-9-7-8-14(2)12-16)24-25-21(26)28-13-19(27)23-15(3)17-10-5-6-11-18(17)22/h5-12,15H,4,13H2,1-3H3,(H,23,27). The molecule has 0 radical (unpaired) electrons. The van der Waals surface area contributed by atoms with Crippen LogP contribution in [0.3, 0.4) is 0 Å². The molecule has 28 heavy (non-hydrogen) atoms. The zero-order valence-electron chi connectivity index (χ0n) is 16.1. The number of halogens is 1. The second-order valence-corrected chi connectivity index (χ2v) is 7.87. The lowest BCUT2D eigenvalue weighted by Gasteiger charge is -2.15. The first-order valence-electron chi connectivity index (χ1n) is 9.16. The van der Waals surface area contributed by atoms with Crippen molar-refractivity contribution in [3.05, 3.63) is 64.7 Å². The molecule has 0 saturated heterocycles. The maximum absolute atomic E-state index is 12.4. The molecule has 0 aliphatic heterocycles. The summed E-state index contributed by atoms with van der Waals surface area (Å²) in [6, 6.07) is 15.5. The number of rotatable bonds is 7. The van der Waals surface area contributed by atoms with Crippen LogP contribution < -0.4 is 5.32 Å². The molecule has 0 fully saturated rings. The first kappa shape index (κ1) is 20.4. The van der Waals surface area contributed by atoms with Gasteiger partial charge < -0.3 is 9.88 Å². The molecule has 3 aromatic rings. The van der Waals surface area contributed by atoms with Crippen molar-refractivity contribution in [1.29, 1.82) is 0 Å². The number of hydrogen-bond acceptors (Lipinski definition) is 4.